The molecule has 0 bridgehead atoms. The number of methoxy groups -OCH3 is 1. The van der Waals surface area contributed by atoms with Gasteiger partial charge in [-0.1, -0.05) is 6.07 Å². The number of ether oxygens (including phenoxy) is 1. The number of nitro groups is 1. The Hall–Kier alpha value is -2.94. The molecule has 0 aliphatic carbocycles. The molecule has 1 aromatic carbocycles. The molecule has 0 radical (unpaired) electrons. The van der Waals surface area contributed by atoms with Crippen LogP contribution in [0.3, 0.4) is 0 Å². The van der Waals surface area contributed by atoms with E-state index in [1.165, 1.54) is 24.5 Å². The predicted molar refractivity (Wildman–Crippen MR) is 106 cm³/mol. The molecule has 1 fully saturated rings. The molecule has 9 heteroatoms. The summed E-state index contributed by atoms with van der Waals surface area (Å²) in [7, 11) is 1.29. The van der Waals surface area contributed by atoms with Crippen molar-refractivity contribution in [2.75, 3.05) is 25.1 Å². The molecule has 1 aliphatic heterocycles. The van der Waals surface area contributed by atoms with Gasteiger partial charge in [0.1, 0.15) is 5.69 Å². The van der Waals surface area contributed by atoms with Crippen LogP contribution in [0, 0.1) is 10.1 Å². The van der Waals surface area contributed by atoms with Gasteiger partial charge in [0.15, 0.2) is 0 Å². The molecule has 2 aromatic rings. The van der Waals surface area contributed by atoms with Crippen LogP contribution in [0.1, 0.15) is 40.5 Å². The minimum atomic E-state index is -0.558. The molecule has 0 saturated carbocycles. The van der Waals surface area contributed by atoms with Crippen molar-refractivity contribution in [2.45, 2.75) is 25.3 Å². The summed E-state index contributed by atoms with van der Waals surface area (Å²) in [5.41, 5.74) is 0.625. The standard InChI is InChI=1S/C19H21N3O5S/c1-27-18(23)12-14(17-5-4-10-28-17)20-19(24)13-6-7-15(16(11-13)22(25)26)21-8-2-3-9-21/h4-7,10-11,14H,2-3,8-9,12H2,1H3,(H,20,24). The number of amides is 1. The smallest absolute Gasteiger partial charge is 0.307 e. The van der Waals surface area contributed by atoms with Gasteiger partial charge in [-0.2, -0.15) is 0 Å². The number of esters is 1. The molecule has 0 spiro atoms. The van der Waals surface area contributed by atoms with Gasteiger partial charge in [0.05, 0.1) is 24.5 Å². The fourth-order valence-electron chi connectivity index (χ4n) is 3.24. The van der Waals surface area contributed by atoms with E-state index in [1.54, 1.807) is 12.1 Å². The zero-order valence-corrected chi connectivity index (χ0v) is 16.2. The molecule has 1 aromatic heterocycles. The molecule has 1 N–H and O–H groups in total. The van der Waals surface area contributed by atoms with Crippen molar-refractivity contribution in [3.8, 4) is 0 Å². The van der Waals surface area contributed by atoms with Gasteiger partial charge in [-0.05, 0) is 36.4 Å². The molecule has 1 amide bonds. The second kappa shape index (κ2) is 8.83. The van der Waals surface area contributed by atoms with Crippen molar-refractivity contribution in [3.63, 3.8) is 0 Å². The van der Waals surface area contributed by atoms with Gasteiger partial charge >= 0.3 is 5.97 Å². The van der Waals surface area contributed by atoms with E-state index in [0.29, 0.717) is 5.69 Å². The Labute approximate surface area is 166 Å². The third-order valence-corrected chi connectivity index (χ3v) is 5.66. The topological polar surface area (TPSA) is 102 Å². The van der Waals surface area contributed by atoms with E-state index in [2.05, 4.69) is 5.32 Å². The monoisotopic (exact) mass is 403 g/mol. The number of anilines is 1. The lowest BCUT2D eigenvalue weighted by molar-refractivity contribution is -0.384. The lowest BCUT2D eigenvalue weighted by atomic mass is 10.1. The second-order valence-corrected chi connectivity index (χ2v) is 7.46. The number of rotatable bonds is 7. The number of hydrogen-bond acceptors (Lipinski definition) is 7. The number of benzene rings is 1. The number of nitrogens with zero attached hydrogens (tertiary/aromatic N) is 2. The normalized spacial score (nSPS) is 14.5. The number of carbonyl (C=O) groups is 2. The maximum atomic E-state index is 12.7. The van der Waals surface area contributed by atoms with Crippen molar-refractivity contribution in [1.82, 2.24) is 5.32 Å². The van der Waals surface area contributed by atoms with E-state index in [1.807, 2.05) is 22.4 Å². The van der Waals surface area contributed by atoms with Crippen LogP contribution in [0.25, 0.3) is 0 Å². The molecular formula is C19H21N3O5S. The van der Waals surface area contributed by atoms with Crippen LogP contribution < -0.4 is 10.2 Å². The molecule has 1 aliphatic rings. The van der Waals surface area contributed by atoms with Crippen LogP contribution in [-0.4, -0.2) is 37.0 Å². The fourth-order valence-corrected chi connectivity index (χ4v) is 4.02. The van der Waals surface area contributed by atoms with Gasteiger partial charge in [0.2, 0.25) is 0 Å². The summed E-state index contributed by atoms with van der Waals surface area (Å²) in [5, 5.41) is 16.2. The summed E-state index contributed by atoms with van der Waals surface area (Å²) < 4.78 is 4.71. The van der Waals surface area contributed by atoms with Crippen molar-refractivity contribution >= 4 is 34.6 Å². The number of nitrogens with one attached hydrogen (secondary N) is 1. The molecule has 1 atom stereocenters. The first-order valence-corrected chi connectivity index (χ1v) is 9.82. The van der Waals surface area contributed by atoms with Gasteiger partial charge in [0.25, 0.3) is 11.6 Å². The van der Waals surface area contributed by atoms with E-state index in [-0.39, 0.29) is 17.7 Å². The third kappa shape index (κ3) is 4.48. The third-order valence-electron chi connectivity index (χ3n) is 4.67. The highest BCUT2D eigenvalue weighted by Crippen LogP contribution is 2.32. The van der Waals surface area contributed by atoms with Gasteiger partial charge in [-0.25, -0.2) is 0 Å². The quantitative estimate of drug-likeness (QED) is 0.432. The first kappa shape index (κ1) is 19.8. The van der Waals surface area contributed by atoms with E-state index >= 15 is 0 Å². The van der Waals surface area contributed by atoms with Crippen LogP contribution in [0.4, 0.5) is 11.4 Å². The summed E-state index contributed by atoms with van der Waals surface area (Å²) in [4.78, 5) is 38.3. The van der Waals surface area contributed by atoms with Crippen molar-refractivity contribution in [3.05, 3.63) is 56.3 Å². The van der Waals surface area contributed by atoms with Crippen molar-refractivity contribution in [2.24, 2.45) is 0 Å². The van der Waals surface area contributed by atoms with Crippen molar-refractivity contribution in [1.29, 1.82) is 0 Å². The summed E-state index contributed by atoms with van der Waals surface area (Å²) in [6.07, 6.45) is 1.97. The highest BCUT2D eigenvalue weighted by molar-refractivity contribution is 7.10. The molecular weight excluding hydrogens is 382 g/mol. The average Bonchev–Trinajstić information content (AvgIpc) is 3.40. The fraction of sp³-hybridized carbons (Fsp3) is 0.368. The Balaban J connectivity index is 1.83. The summed E-state index contributed by atoms with van der Waals surface area (Å²) >= 11 is 1.41. The highest BCUT2D eigenvalue weighted by Gasteiger charge is 2.25. The maximum absolute atomic E-state index is 12.7. The number of thiophene rings is 1. The van der Waals surface area contributed by atoms with Gasteiger partial charge in [-0.15, -0.1) is 11.3 Å². The minimum absolute atomic E-state index is 0.0172. The van der Waals surface area contributed by atoms with Gasteiger partial charge in [0, 0.05) is 29.6 Å². The van der Waals surface area contributed by atoms with E-state index in [9.17, 15) is 19.7 Å². The van der Waals surface area contributed by atoms with Crippen LogP contribution in [0.15, 0.2) is 35.7 Å². The van der Waals surface area contributed by atoms with Crippen LogP contribution >= 0.6 is 11.3 Å². The lowest BCUT2D eigenvalue weighted by Crippen LogP contribution is -2.30. The van der Waals surface area contributed by atoms with E-state index in [0.717, 1.165) is 30.8 Å². The molecule has 148 valence electrons. The largest absolute Gasteiger partial charge is 0.469 e. The van der Waals surface area contributed by atoms with Gasteiger partial charge in [-0.3, -0.25) is 19.7 Å². The summed E-state index contributed by atoms with van der Waals surface area (Å²) in [6.45, 7) is 1.54. The number of nitro benzene ring substituents is 1. The molecule has 3 rings (SSSR count). The average molecular weight is 403 g/mol. The number of hydrogen-bond donors (Lipinski definition) is 1. The Morgan fingerprint density at radius 3 is 2.68 bits per heavy atom. The number of carbonyl (C=O) groups excluding carboxylic acids is 2. The molecule has 1 unspecified atom stereocenters. The van der Waals surface area contributed by atoms with Gasteiger partial charge < -0.3 is 15.0 Å². The second-order valence-electron chi connectivity index (χ2n) is 6.48. The predicted octanol–water partition coefficient (Wildman–Crippen LogP) is 3.29. The highest BCUT2D eigenvalue weighted by atomic mass is 32.1. The Morgan fingerprint density at radius 2 is 2.07 bits per heavy atom. The summed E-state index contributed by atoms with van der Waals surface area (Å²) in [5.74, 6) is -0.924. The van der Waals surface area contributed by atoms with Crippen LogP contribution in [0.5, 0.6) is 0 Å². The lowest BCUT2D eigenvalue weighted by Gasteiger charge is -2.19. The minimum Gasteiger partial charge on any atom is -0.469 e. The first-order chi connectivity index (χ1) is 13.5. The SMILES string of the molecule is COC(=O)CC(NC(=O)c1ccc(N2CCCC2)c([N+](=O)[O-])c1)c1cccs1. The van der Waals surface area contributed by atoms with Crippen LogP contribution in [-0.2, 0) is 9.53 Å². The van der Waals surface area contributed by atoms with Crippen molar-refractivity contribution < 1.29 is 19.2 Å². The Morgan fingerprint density at radius 1 is 1.32 bits per heavy atom. The molecule has 1 saturated heterocycles. The molecule has 2 heterocycles. The maximum Gasteiger partial charge on any atom is 0.307 e. The zero-order valence-electron chi connectivity index (χ0n) is 15.4. The van der Waals surface area contributed by atoms with E-state index < -0.39 is 22.8 Å². The van der Waals surface area contributed by atoms with E-state index in [4.69, 9.17) is 4.74 Å². The summed E-state index contributed by atoms with van der Waals surface area (Å²) in [6, 6.07) is 7.59. The Bertz CT molecular complexity index is 862. The first-order valence-electron chi connectivity index (χ1n) is 8.94. The zero-order chi connectivity index (χ0) is 20.1. The molecule has 8 nitrogen and oxygen atoms in total. The Kier molecular flexibility index (Phi) is 6.25. The molecule has 28 heavy (non-hydrogen) atoms. The van der Waals surface area contributed by atoms with Crippen LogP contribution in [0.2, 0.25) is 0 Å².